The van der Waals surface area contributed by atoms with Gasteiger partial charge in [0.1, 0.15) is 6.61 Å². The number of methoxy groups -OCH3 is 1. The van der Waals surface area contributed by atoms with E-state index in [0.717, 1.165) is 30.4 Å². The Bertz CT molecular complexity index is 1000. The first-order chi connectivity index (χ1) is 16.5. The molecule has 2 N–H and O–H groups in total. The van der Waals surface area contributed by atoms with Crippen LogP contribution in [0.2, 0.25) is 0 Å². The molecular weight excluding hydrogens is 428 g/mol. The fourth-order valence-corrected chi connectivity index (χ4v) is 6.68. The maximum atomic E-state index is 13.0. The van der Waals surface area contributed by atoms with E-state index in [1.54, 1.807) is 7.11 Å². The van der Waals surface area contributed by atoms with Gasteiger partial charge in [0.2, 0.25) is 11.8 Å². The molecule has 6 heteroatoms. The smallest absolute Gasteiger partial charge is 0.239 e. The van der Waals surface area contributed by atoms with Crippen LogP contribution in [0.1, 0.15) is 49.7 Å². The summed E-state index contributed by atoms with van der Waals surface area (Å²) in [5, 5.41) is 5.85. The van der Waals surface area contributed by atoms with E-state index in [2.05, 4.69) is 10.6 Å². The molecule has 0 unspecified atom stereocenters. The van der Waals surface area contributed by atoms with Gasteiger partial charge in [-0.1, -0.05) is 36.4 Å². The van der Waals surface area contributed by atoms with Crippen molar-refractivity contribution in [1.29, 1.82) is 0 Å². The zero-order chi connectivity index (χ0) is 23.5. The van der Waals surface area contributed by atoms with Crippen molar-refractivity contribution in [2.45, 2.75) is 51.7 Å². The van der Waals surface area contributed by atoms with E-state index in [9.17, 15) is 9.59 Å². The monoisotopic (exact) mass is 462 g/mol. The van der Waals surface area contributed by atoms with Gasteiger partial charge in [-0.15, -0.1) is 0 Å². The molecule has 4 aliphatic rings. The van der Waals surface area contributed by atoms with Crippen LogP contribution >= 0.6 is 0 Å². The van der Waals surface area contributed by atoms with Gasteiger partial charge in [-0.05, 0) is 79.5 Å². The molecule has 0 aliphatic heterocycles. The molecule has 4 aliphatic carbocycles. The molecule has 180 valence electrons. The number of carbonyl (C=O) groups is 2. The summed E-state index contributed by atoms with van der Waals surface area (Å²) in [5.41, 5.74) is 1.76. The summed E-state index contributed by atoms with van der Waals surface area (Å²) < 4.78 is 11.4. The number of ether oxygens (including phenoxy) is 2. The molecular formula is C28H34N2O4. The lowest BCUT2D eigenvalue weighted by Gasteiger charge is -2.55. The average molecular weight is 463 g/mol. The van der Waals surface area contributed by atoms with Gasteiger partial charge in [0, 0.05) is 12.0 Å². The molecule has 4 saturated carbocycles. The van der Waals surface area contributed by atoms with Crippen molar-refractivity contribution in [3.8, 4) is 11.5 Å². The molecule has 0 radical (unpaired) electrons. The minimum atomic E-state index is -0.224. The number of benzene rings is 2. The topological polar surface area (TPSA) is 76.7 Å². The summed E-state index contributed by atoms with van der Waals surface area (Å²) >= 11 is 0. The van der Waals surface area contributed by atoms with E-state index < -0.39 is 0 Å². The summed E-state index contributed by atoms with van der Waals surface area (Å²) in [4.78, 5) is 25.5. The van der Waals surface area contributed by atoms with Crippen molar-refractivity contribution >= 4 is 11.8 Å². The van der Waals surface area contributed by atoms with Crippen LogP contribution in [-0.2, 0) is 22.7 Å². The third-order valence-corrected chi connectivity index (χ3v) is 7.88. The third kappa shape index (κ3) is 4.91. The number of rotatable bonds is 9. The molecule has 0 aromatic heterocycles. The van der Waals surface area contributed by atoms with Gasteiger partial charge in [-0.25, -0.2) is 0 Å². The number of amides is 2. The van der Waals surface area contributed by atoms with E-state index >= 15 is 0 Å². The molecule has 0 saturated heterocycles. The van der Waals surface area contributed by atoms with Crippen LogP contribution < -0.4 is 20.1 Å². The van der Waals surface area contributed by atoms with Gasteiger partial charge in [0.25, 0.3) is 0 Å². The first-order valence-electron chi connectivity index (χ1n) is 12.4. The SMILES string of the molecule is COc1cc(CNC(=O)CNC(=O)C23CC4CC(CC(C4)C2)C3)ccc1OCc1ccccc1. The lowest BCUT2D eigenvalue weighted by atomic mass is 9.49. The number of hydrogen-bond donors (Lipinski definition) is 2. The maximum absolute atomic E-state index is 13.0. The van der Waals surface area contributed by atoms with E-state index in [1.165, 1.54) is 19.3 Å². The van der Waals surface area contributed by atoms with Crippen molar-refractivity contribution < 1.29 is 19.1 Å². The third-order valence-electron chi connectivity index (χ3n) is 7.88. The second-order valence-electron chi connectivity index (χ2n) is 10.4. The van der Waals surface area contributed by atoms with Crippen molar-refractivity contribution in [2.75, 3.05) is 13.7 Å². The highest BCUT2D eigenvalue weighted by Gasteiger charge is 2.54. The van der Waals surface area contributed by atoms with Gasteiger partial charge in [0.05, 0.1) is 13.7 Å². The Morgan fingerprint density at radius 1 is 0.882 bits per heavy atom. The van der Waals surface area contributed by atoms with Crippen molar-refractivity contribution in [3.63, 3.8) is 0 Å². The Morgan fingerprint density at radius 3 is 2.21 bits per heavy atom. The van der Waals surface area contributed by atoms with Gasteiger partial charge in [-0.3, -0.25) is 9.59 Å². The molecule has 6 nitrogen and oxygen atoms in total. The lowest BCUT2D eigenvalue weighted by Crippen LogP contribution is -2.54. The van der Waals surface area contributed by atoms with Crippen LogP contribution in [0.4, 0.5) is 0 Å². The average Bonchev–Trinajstić information content (AvgIpc) is 2.84. The zero-order valence-corrected chi connectivity index (χ0v) is 19.8. The lowest BCUT2D eigenvalue weighted by molar-refractivity contribution is -0.147. The number of hydrogen-bond acceptors (Lipinski definition) is 4. The second-order valence-corrected chi connectivity index (χ2v) is 10.4. The Kier molecular flexibility index (Phi) is 6.48. The highest BCUT2D eigenvalue weighted by molar-refractivity contribution is 5.88. The standard InChI is InChI=1S/C28H34N2O4/c1-33-25-12-20(7-8-24(25)34-18-19-5-3-2-4-6-19)16-29-26(31)17-30-27(32)28-13-21-9-22(14-28)11-23(10-21)15-28/h2-8,12,21-23H,9-11,13-18H2,1H3,(H,29,31)(H,30,32). The Labute approximate surface area is 201 Å². The fraction of sp³-hybridized carbons (Fsp3) is 0.500. The number of carbonyl (C=O) groups excluding carboxylic acids is 2. The fourth-order valence-electron chi connectivity index (χ4n) is 6.68. The predicted octanol–water partition coefficient (Wildman–Crippen LogP) is 4.22. The molecule has 4 fully saturated rings. The molecule has 4 bridgehead atoms. The van der Waals surface area contributed by atoms with Gasteiger partial charge >= 0.3 is 0 Å². The summed E-state index contributed by atoms with van der Waals surface area (Å²) in [6, 6.07) is 15.6. The maximum Gasteiger partial charge on any atom is 0.239 e. The van der Waals surface area contributed by atoms with E-state index in [-0.39, 0.29) is 23.8 Å². The van der Waals surface area contributed by atoms with Crippen molar-refractivity contribution in [1.82, 2.24) is 10.6 Å². The van der Waals surface area contributed by atoms with E-state index in [0.29, 0.717) is 42.4 Å². The Morgan fingerprint density at radius 2 is 1.56 bits per heavy atom. The van der Waals surface area contributed by atoms with Crippen molar-refractivity contribution in [2.24, 2.45) is 23.2 Å². The van der Waals surface area contributed by atoms with E-state index in [4.69, 9.17) is 9.47 Å². The van der Waals surface area contributed by atoms with Gasteiger partial charge in [-0.2, -0.15) is 0 Å². The second kappa shape index (κ2) is 9.69. The first-order valence-corrected chi connectivity index (χ1v) is 12.4. The van der Waals surface area contributed by atoms with Gasteiger partial charge < -0.3 is 20.1 Å². The van der Waals surface area contributed by atoms with Gasteiger partial charge in [0.15, 0.2) is 11.5 Å². The Hall–Kier alpha value is -3.02. The quantitative estimate of drug-likeness (QED) is 0.585. The van der Waals surface area contributed by atoms with E-state index in [1.807, 2.05) is 48.5 Å². The van der Waals surface area contributed by atoms with Crippen LogP contribution in [0.25, 0.3) is 0 Å². The molecule has 0 atom stereocenters. The predicted molar refractivity (Wildman–Crippen MR) is 129 cm³/mol. The molecule has 6 rings (SSSR count). The van der Waals surface area contributed by atoms with Crippen LogP contribution in [0, 0.1) is 23.2 Å². The molecule has 0 spiro atoms. The minimum Gasteiger partial charge on any atom is -0.493 e. The highest BCUT2D eigenvalue weighted by Crippen LogP contribution is 2.60. The minimum absolute atomic E-state index is 0.0238. The molecule has 2 aromatic rings. The molecule has 34 heavy (non-hydrogen) atoms. The van der Waals surface area contributed by atoms with Crippen LogP contribution in [0.15, 0.2) is 48.5 Å². The molecule has 0 heterocycles. The van der Waals surface area contributed by atoms with Crippen LogP contribution in [0.5, 0.6) is 11.5 Å². The summed E-state index contributed by atoms with van der Waals surface area (Å²) in [5.74, 6) is 3.31. The van der Waals surface area contributed by atoms with Crippen molar-refractivity contribution in [3.05, 3.63) is 59.7 Å². The normalized spacial score (nSPS) is 26.7. The number of nitrogens with one attached hydrogen (secondary N) is 2. The van der Waals surface area contributed by atoms with Crippen LogP contribution in [0.3, 0.4) is 0 Å². The largest absolute Gasteiger partial charge is 0.493 e. The zero-order valence-electron chi connectivity index (χ0n) is 19.8. The summed E-state index contributed by atoms with van der Waals surface area (Å²) in [6.45, 7) is 0.841. The summed E-state index contributed by atoms with van der Waals surface area (Å²) in [7, 11) is 1.60. The van der Waals surface area contributed by atoms with Crippen LogP contribution in [-0.4, -0.2) is 25.5 Å². The Balaban J connectivity index is 1.10. The highest BCUT2D eigenvalue weighted by atomic mass is 16.5. The molecule has 2 amide bonds. The first kappa shape index (κ1) is 22.8. The molecule has 2 aromatic carbocycles. The summed E-state index contributed by atoms with van der Waals surface area (Å²) in [6.07, 6.45) is 6.91.